The van der Waals surface area contributed by atoms with Gasteiger partial charge in [-0.2, -0.15) is 0 Å². The van der Waals surface area contributed by atoms with Gasteiger partial charge in [0.05, 0.1) is 23.6 Å². The van der Waals surface area contributed by atoms with Gasteiger partial charge in [0.15, 0.2) is 6.61 Å². The molecule has 0 N–H and O–H groups in total. The first-order valence-electron chi connectivity index (χ1n) is 9.03. The average Bonchev–Trinajstić information content (AvgIpc) is 3.49. The lowest BCUT2D eigenvalue weighted by Crippen LogP contribution is -2.26. The molecule has 1 aliphatic heterocycles. The molecular formula is C19H16N4O7. The summed E-state index contributed by atoms with van der Waals surface area (Å²) in [5, 5.41) is 18.4. The van der Waals surface area contributed by atoms with Gasteiger partial charge in [0.25, 0.3) is 11.6 Å². The Bertz CT molecular complexity index is 1060. The Kier molecular flexibility index (Phi) is 5.24. The lowest BCUT2D eigenvalue weighted by Gasteiger charge is -2.14. The maximum atomic E-state index is 12.3. The first kappa shape index (κ1) is 19.3. The Labute approximate surface area is 169 Å². The molecule has 0 unspecified atom stereocenters. The number of hydrogen-bond donors (Lipinski definition) is 0. The van der Waals surface area contributed by atoms with E-state index in [1.165, 1.54) is 30.5 Å². The Hall–Kier alpha value is -4.02. The number of esters is 1. The predicted octanol–water partition coefficient (Wildman–Crippen LogP) is 2.33. The number of aromatic nitrogens is 2. The second kappa shape index (κ2) is 8.15. The number of nitro groups is 1. The Morgan fingerprint density at radius 1 is 1.27 bits per heavy atom. The number of carbonyl (C=O) groups excluding carboxylic acids is 2. The van der Waals surface area contributed by atoms with Crippen molar-refractivity contribution >= 4 is 17.6 Å². The lowest BCUT2D eigenvalue weighted by atomic mass is 10.1. The van der Waals surface area contributed by atoms with Crippen LogP contribution in [0.1, 0.15) is 18.1 Å². The zero-order valence-corrected chi connectivity index (χ0v) is 15.6. The highest BCUT2D eigenvalue weighted by Crippen LogP contribution is 2.23. The quantitative estimate of drug-likeness (QED) is 0.324. The molecule has 154 valence electrons. The predicted molar refractivity (Wildman–Crippen MR) is 98.4 cm³/mol. The van der Waals surface area contributed by atoms with Crippen LogP contribution in [0.3, 0.4) is 0 Å². The highest BCUT2D eigenvalue weighted by atomic mass is 16.6. The molecule has 0 bridgehead atoms. The van der Waals surface area contributed by atoms with Crippen molar-refractivity contribution in [3.63, 3.8) is 0 Å². The van der Waals surface area contributed by atoms with Crippen molar-refractivity contribution in [2.24, 2.45) is 5.92 Å². The normalized spacial score (nSPS) is 16.1. The van der Waals surface area contributed by atoms with E-state index in [2.05, 4.69) is 10.2 Å². The van der Waals surface area contributed by atoms with Crippen molar-refractivity contribution in [3.8, 4) is 11.5 Å². The van der Waals surface area contributed by atoms with Gasteiger partial charge in [0, 0.05) is 30.7 Å². The fraction of sp³-hybridized carbons (Fsp3) is 0.263. The molecule has 3 heterocycles. The number of nitrogens with zero attached hydrogens (tertiary/aromatic N) is 4. The van der Waals surface area contributed by atoms with E-state index in [9.17, 15) is 19.7 Å². The third kappa shape index (κ3) is 4.19. The summed E-state index contributed by atoms with van der Waals surface area (Å²) in [6, 6.07) is 9.11. The topological polar surface area (TPSA) is 142 Å². The minimum absolute atomic E-state index is 0.0559. The van der Waals surface area contributed by atoms with E-state index in [0.29, 0.717) is 17.9 Å². The van der Waals surface area contributed by atoms with Gasteiger partial charge in [0.2, 0.25) is 11.8 Å². The molecule has 1 amide bonds. The minimum Gasteiger partial charge on any atom is -0.467 e. The molecule has 30 heavy (non-hydrogen) atoms. The van der Waals surface area contributed by atoms with Gasteiger partial charge in [-0.25, -0.2) is 0 Å². The summed E-state index contributed by atoms with van der Waals surface area (Å²) < 4.78 is 15.9. The van der Waals surface area contributed by atoms with Crippen molar-refractivity contribution in [3.05, 3.63) is 64.4 Å². The highest BCUT2D eigenvalue weighted by molar-refractivity contribution is 5.86. The molecule has 0 spiro atoms. The molecule has 0 saturated carbocycles. The van der Waals surface area contributed by atoms with Gasteiger partial charge in [-0.05, 0) is 24.3 Å². The maximum absolute atomic E-state index is 12.3. The summed E-state index contributed by atoms with van der Waals surface area (Å²) >= 11 is 0. The largest absolute Gasteiger partial charge is 0.467 e. The van der Waals surface area contributed by atoms with Crippen molar-refractivity contribution < 1.29 is 28.1 Å². The smallest absolute Gasteiger partial charge is 0.311 e. The molecule has 1 aliphatic rings. The van der Waals surface area contributed by atoms with Crippen LogP contribution in [0.5, 0.6) is 0 Å². The fourth-order valence-corrected chi connectivity index (χ4v) is 3.08. The van der Waals surface area contributed by atoms with Crippen molar-refractivity contribution in [1.82, 2.24) is 15.1 Å². The van der Waals surface area contributed by atoms with Crippen molar-refractivity contribution in [1.29, 1.82) is 0 Å². The van der Waals surface area contributed by atoms with E-state index in [4.69, 9.17) is 13.6 Å². The molecular weight excluding hydrogens is 396 g/mol. The van der Waals surface area contributed by atoms with Crippen LogP contribution in [0.15, 0.2) is 51.5 Å². The van der Waals surface area contributed by atoms with E-state index in [1.54, 1.807) is 17.0 Å². The Morgan fingerprint density at radius 2 is 2.07 bits per heavy atom. The summed E-state index contributed by atoms with van der Waals surface area (Å²) in [4.78, 5) is 36.2. The standard InChI is InChI=1S/C19H16N4O7/c24-17-8-13(9-22(17)10-15-2-1-7-28-15)19(25)29-11-16-20-21-18(30-16)12-3-5-14(6-4-12)23(26)27/h1-7,13H,8-11H2/t13-/m1/s1. The Morgan fingerprint density at radius 3 is 2.77 bits per heavy atom. The number of rotatable bonds is 7. The summed E-state index contributed by atoms with van der Waals surface area (Å²) in [5.41, 5.74) is 0.445. The number of furan rings is 1. The van der Waals surface area contributed by atoms with Crippen LogP contribution >= 0.6 is 0 Å². The van der Waals surface area contributed by atoms with E-state index in [-0.39, 0.29) is 42.9 Å². The van der Waals surface area contributed by atoms with Gasteiger partial charge >= 0.3 is 5.97 Å². The maximum Gasteiger partial charge on any atom is 0.311 e. The minimum atomic E-state index is -0.579. The second-order valence-electron chi connectivity index (χ2n) is 6.67. The summed E-state index contributed by atoms with van der Waals surface area (Å²) in [5.74, 6) is -0.386. The van der Waals surface area contributed by atoms with Crippen LogP contribution in [0.25, 0.3) is 11.5 Å². The van der Waals surface area contributed by atoms with Gasteiger partial charge in [-0.3, -0.25) is 19.7 Å². The van der Waals surface area contributed by atoms with Crippen LogP contribution < -0.4 is 0 Å². The number of nitro benzene ring substituents is 1. The summed E-state index contributed by atoms with van der Waals surface area (Å²) in [6.07, 6.45) is 1.59. The van der Waals surface area contributed by atoms with E-state index < -0.39 is 16.8 Å². The van der Waals surface area contributed by atoms with Crippen LogP contribution in [0.4, 0.5) is 5.69 Å². The zero-order valence-electron chi connectivity index (χ0n) is 15.6. The molecule has 3 aromatic rings. The monoisotopic (exact) mass is 412 g/mol. The molecule has 1 saturated heterocycles. The first-order chi connectivity index (χ1) is 14.5. The van der Waals surface area contributed by atoms with Gasteiger partial charge in [0.1, 0.15) is 5.76 Å². The van der Waals surface area contributed by atoms with E-state index in [1.807, 2.05) is 0 Å². The molecule has 1 aromatic carbocycles. The zero-order chi connectivity index (χ0) is 21.1. The lowest BCUT2D eigenvalue weighted by molar-refractivity contribution is -0.384. The number of ether oxygens (including phenoxy) is 1. The first-order valence-corrected chi connectivity index (χ1v) is 9.03. The summed E-state index contributed by atoms with van der Waals surface area (Å²) in [7, 11) is 0. The number of benzene rings is 1. The van der Waals surface area contributed by atoms with Gasteiger partial charge in [-0.1, -0.05) is 0 Å². The van der Waals surface area contributed by atoms with Crippen LogP contribution in [0.2, 0.25) is 0 Å². The van der Waals surface area contributed by atoms with Crippen LogP contribution in [-0.2, 0) is 27.5 Å². The SMILES string of the molecule is O=C(OCc1nnc(-c2ccc([N+](=O)[O-])cc2)o1)[C@@H]1CC(=O)N(Cc2ccco2)C1. The molecule has 1 atom stereocenters. The number of carbonyl (C=O) groups is 2. The van der Waals surface area contributed by atoms with Crippen LogP contribution in [-0.4, -0.2) is 38.4 Å². The number of amides is 1. The Balaban J connectivity index is 1.31. The molecule has 0 radical (unpaired) electrons. The van der Waals surface area contributed by atoms with Crippen LogP contribution in [0, 0.1) is 16.0 Å². The van der Waals surface area contributed by atoms with E-state index >= 15 is 0 Å². The molecule has 1 fully saturated rings. The molecule has 4 rings (SSSR count). The molecule has 0 aliphatic carbocycles. The van der Waals surface area contributed by atoms with Gasteiger partial charge < -0.3 is 18.5 Å². The highest BCUT2D eigenvalue weighted by Gasteiger charge is 2.35. The molecule has 2 aromatic heterocycles. The third-order valence-corrected chi connectivity index (χ3v) is 4.60. The fourth-order valence-electron chi connectivity index (χ4n) is 3.08. The third-order valence-electron chi connectivity index (χ3n) is 4.60. The van der Waals surface area contributed by atoms with Crippen molar-refractivity contribution in [2.75, 3.05) is 6.54 Å². The van der Waals surface area contributed by atoms with E-state index in [0.717, 1.165) is 0 Å². The number of hydrogen-bond acceptors (Lipinski definition) is 9. The van der Waals surface area contributed by atoms with Gasteiger partial charge in [-0.15, -0.1) is 10.2 Å². The van der Waals surface area contributed by atoms with Crippen molar-refractivity contribution in [2.45, 2.75) is 19.6 Å². The molecule has 11 nitrogen and oxygen atoms in total. The second-order valence-corrected chi connectivity index (χ2v) is 6.67. The number of non-ortho nitro benzene ring substituents is 1. The molecule has 11 heteroatoms. The average molecular weight is 412 g/mol. The number of likely N-dealkylation sites (tertiary alicyclic amines) is 1. The summed E-state index contributed by atoms with van der Waals surface area (Å²) in [6.45, 7) is 0.315.